The van der Waals surface area contributed by atoms with Crippen LogP contribution in [0.25, 0.3) is 0 Å². The van der Waals surface area contributed by atoms with E-state index in [1.54, 1.807) is 7.11 Å². The van der Waals surface area contributed by atoms with Gasteiger partial charge in [-0.3, -0.25) is 0 Å². The van der Waals surface area contributed by atoms with Crippen molar-refractivity contribution in [1.29, 1.82) is 0 Å². The molecule has 0 amide bonds. The Balaban J connectivity index is 2.23. The van der Waals surface area contributed by atoms with Crippen molar-refractivity contribution in [2.45, 2.75) is 45.3 Å². The third kappa shape index (κ3) is 6.21. The highest BCUT2D eigenvalue weighted by Crippen LogP contribution is 2.31. The van der Waals surface area contributed by atoms with Crippen LogP contribution in [0.15, 0.2) is 0 Å². The lowest BCUT2D eigenvalue weighted by molar-refractivity contribution is -0.0436. The molecule has 0 radical (unpaired) electrons. The van der Waals surface area contributed by atoms with E-state index < -0.39 is 0 Å². The maximum atomic E-state index is 6.02. The molecule has 19 heavy (non-hydrogen) atoms. The number of nitrogens with one attached hydrogen (secondary N) is 1. The summed E-state index contributed by atoms with van der Waals surface area (Å²) in [6.07, 6.45) is 4.03. The van der Waals surface area contributed by atoms with E-state index in [4.69, 9.17) is 14.2 Å². The van der Waals surface area contributed by atoms with Gasteiger partial charge in [-0.15, -0.1) is 0 Å². The Bertz CT molecular complexity index is 223. The van der Waals surface area contributed by atoms with Gasteiger partial charge in [0.15, 0.2) is 0 Å². The molecule has 0 spiro atoms. The van der Waals surface area contributed by atoms with E-state index in [2.05, 4.69) is 19.2 Å². The zero-order chi connectivity index (χ0) is 14.1. The molecule has 3 atom stereocenters. The fourth-order valence-electron chi connectivity index (χ4n) is 2.78. The van der Waals surface area contributed by atoms with Gasteiger partial charge in [-0.1, -0.05) is 13.8 Å². The summed E-state index contributed by atoms with van der Waals surface area (Å²) < 4.78 is 16.4. The standard InChI is InChI=1S/C15H31NO3/c1-12(2)13-5-6-14(16-3)15(11-13)19-10-9-18-8-7-17-4/h12-16H,5-11H2,1-4H3. The molecule has 1 rings (SSSR count). The van der Waals surface area contributed by atoms with Crippen molar-refractivity contribution in [1.82, 2.24) is 5.32 Å². The Kier molecular flexibility index (Phi) is 8.62. The fraction of sp³-hybridized carbons (Fsp3) is 1.00. The molecule has 1 N–H and O–H groups in total. The Morgan fingerprint density at radius 1 is 1.11 bits per heavy atom. The molecular weight excluding hydrogens is 242 g/mol. The van der Waals surface area contributed by atoms with E-state index >= 15 is 0 Å². The maximum Gasteiger partial charge on any atom is 0.0731 e. The maximum absolute atomic E-state index is 6.02. The molecule has 0 aliphatic heterocycles. The molecule has 0 saturated heterocycles. The first kappa shape index (κ1) is 16.9. The van der Waals surface area contributed by atoms with Crippen LogP contribution >= 0.6 is 0 Å². The average molecular weight is 273 g/mol. The van der Waals surface area contributed by atoms with Crippen LogP contribution in [0.2, 0.25) is 0 Å². The van der Waals surface area contributed by atoms with E-state index in [0.717, 1.165) is 11.8 Å². The second-order valence-electron chi connectivity index (χ2n) is 5.73. The summed E-state index contributed by atoms with van der Waals surface area (Å²) in [5.74, 6) is 1.55. The second kappa shape index (κ2) is 9.70. The minimum absolute atomic E-state index is 0.331. The molecule has 114 valence electrons. The monoisotopic (exact) mass is 273 g/mol. The van der Waals surface area contributed by atoms with Crippen LogP contribution in [-0.2, 0) is 14.2 Å². The van der Waals surface area contributed by atoms with E-state index in [1.807, 2.05) is 7.05 Å². The van der Waals surface area contributed by atoms with E-state index in [9.17, 15) is 0 Å². The molecule has 0 aromatic rings. The van der Waals surface area contributed by atoms with Crippen LogP contribution in [0, 0.1) is 11.8 Å². The summed E-state index contributed by atoms with van der Waals surface area (Å²) in [6, 6.07) is 0.494. The first-order valence-electron chi connectivity index (χ1n) is 7.54. The summed E-state index contributed by atoms with van der Waals surface area (Å²) in [7, 11) is 3.72. The van der Waals surface area contributed by atoms with Gasteiger partial charge in [-0.05, 0) is 38.1 Å². The van der Waals surface area contributed by atoms with Crippen LogP contribution in [0.5, 0.6) is 0 Å². The number of hydrogen-bond acceptors (Lipinski definition) is 4. The molecular formula is C15H31NO3. The van der Waals surface area contributed by atoms with Gasteiger partial charge in [-0.25, -0.2) is 0 Å². The topological polar surface area (TPSA) is 39.7 Å². The van der Waals surface area contributed by atoms with Crippen LogP contribution < -0.4 is 5.32 Å². The average Bonchev–Trinajstić information content (AvgIpc) is 2.42. The lowest BCUT2D eigenvalue weighted by atomic mass is 9.78. The Morgan fingerprint density at radius 2 is 1.84 bits per heavy atom. The van der Waals surface area contributed by atoms with E-state index in [-0.39, 0.29) is 0 Å². The normalized spacial score (nSPS) is 27.9. The van der Waals surface area contributed by atoms with Gasteiger partial charge in [0.1, 0.15) is 0 Å². The molecule has 3 unspecified atom stereocenters. The minimum Gasteiger partial charge on any atom is -0.382 e. The molecule has 4 heteroatoms. The summed E-state index contributed by atoms with van der Waals surface area (Å²) in [6.45, 7) is 7.26. The third-order valence-corrected chi connectivity index (χ3v) is 4.14. The number of likely N-dealkylation sites (N-methyl/N-ethyl adjacent to an activating group) is 1. The van der Waals surface area contributed by atoms with Crippen molar-refractivity contribution in [2.75, 3.05) is 40.6 Å². The SMILES string of the molecule is CNC1CCC(C(C)C)CC1OCCOCCOC. The van der Waals surface area contributed by atoms with Crippen molar-refractivity contribution in [2.24, 2.45) is 11.8 Å². The summed E-state index contributed by atoms with van der Waals surface area (Å²) >= 11 is 0. The first-order valence-corrected chi connectivity index (χ1v) is 7.54. The minimum atomic E-state index is 0.331. The zero-order valence-electron chi connectivity index (χ0n) is 13.0. The van der Waals surface area contributed by atoms with E-state index in [1.165, 1.54) is 19.3 Å². The van der Waals surface area contributed by atoms with Gasteiger partial charge in [0.2, 0.25) is 0 Å². The fourth-order valence-corrected chi connectivity index (χ4v) is 2.78. The molecule has 0 aromatic heterocycles. The van der Waals surface area contributed by atoms with Gasteiger partial charge in [0.05, 0.1) is 32.5 Å². The smallest absolute Gasteiger partial charge is 0.0731 e. The van der Waals surface area contributed by atoms with Gasteiger partial charge < -0.3 is 19.5 Å². The second-order valence-corrected chi connectivity index (χ2v) is 5.73. The van der Waals surface area contributed by atoms with Gasteiger partial charge in [0, 0.05) is 13.2 Å². The van der Waals surface area contributed by atoms with Crippen molar-refractivity contribution < 1.29 is 14.2 Å². The summed E-state index contributed by atoms with van der Waals surface area (Å²) in [5.41, 5.74) is 0. The highest BCUT2D eigenvalue weighted by Gasteiger charge is 2.31. The summed E-state index contributed by atoms with van der Waals surface area (Å²) in [4.78, 5) is 0. The van der Waals surface area contributed by atoms with Gasteiger partial charge >= 0.3 is 0 Å². The molecule has 1 saturated carbocycles. The number of ether oxygens (including phenoxy) is 3. The van der Waals surface area contributed by atoms with Gasteiger partial charge in [-0.2, -0.15) is 0 Å². The van der Waals surface area contributed by atoms with Gasteiger partial charge in [0.25, 0.3) is 0 Å². The van der Waals surface area contributed by atoms with Crippen LogP contribution in [-0.4, -0.2) is 52.7 Å². The highest BCUT2D eigenvalue weighted by atomic mass is 16.5. The highest BCUT2D eigenvalue weighted by molar-refractivity contribution is 4.86. The lowest BCUT2D eigenvalue weighted by Crippen LogP contribution is -2.45. The number of hydrogen-bond donors (Lipinski definition) is 1. The van der Waals surface area contributed by atoms with Crippen molar-refractivity contribution in [3.05, 3.63) is 0 Å². The Hall–Kier alpha value is -0.160. The molecule has 1 fully saturated rings. The number of methoxy groups -OCH3 is 1. The molecule has 0 heterocycles. The third-order valence-electron chi connectivity index (χ3n) is 4.14. The quantitative estimate of drug-likeness (QED) is 0.653. The predicted octanol–water partition coefficient (Wildman–Crippen LogP) is 2.08. The molecule has 0 bridgehead atoms. The molecule has 4 nitrogen and oxygen atoms in total. The van der Waals surface area contributed by atoms with Crippen molar-refractivity contribution in [3.63, 3.8) is 0 Å². The lowest BCUT2D eigenvalue weighted by Gasteiger charge is -2.37. The number of rotatable bonds is 9. The molecule has 1 aliphatic carbocycles. The Morgan fingerprint density at radius 3 is 2.47 bits per heavy atom. The summed E-state index contributed by atoms with van der Waals surface area (Å²) in [5, 5.41) is 3.39. The molecule has 1 aliphatic rings. The largest absolute Gasteiger partial charge is 0.382 e. The first-order chi connectivity index (χ1) is 9.19. The van der Waals surface area contributed by atoms with Crippen molar-refractivity contribution >= 4 is 0 Å². The van der Waals surface area contributed by atoms with Crippen LogP contribution in [0.4, 0.5) is 0 Å². The van der Waals surface area contributed by atoms with Crippen molar-refractivity contribution in [3.8, 4) is 0 Å². The van der Waals surface area contributed by atoms with Crippen LogP contribution in [0.3, 0.4) is 0 Å². The van der Waals surface area contributed by atoms with E-state index in [0.29, 0.717) is 38.6 Å². The zero-order valence-corrected chi connectivity index (χ0v) is 13.0. The van der Waals surface area contributed by atoms with Crippen LogP contribution in [0.1, 0.15) is 33.1 Å². The molecule has 0 aromatic carbocycles. The Labute approximate surface area is 118 Å². The predicted molar refractivity (Wildman–Crippen MR) is 77.5 cm³/mol.